The molecule has 0 bridgehead atoms. The minimum Gasteiger partial charge on any atom is -0.444 e. The summed E-state index contributed by atoms with van der Waals surface area (Å²) in [5, 5.41) is 9.74. The zero-order valence-electron chi connectivity index (χ0n) is 16.8. The summed E-state index contributed by atoms with van der Waals surface area (Å²) in [4.78, 5) is 28.2. The van der Waals surface area contributed by atoms with Crippen LogP contribution in [0, 0.1) is 5.92 Å². The quantitative estimate of drug-likeness (QED) is 0.821. The van der Waals surface area contributed by atoms with Gasteiger partial charge in [-0.3, -0.25) is 4.90 Å². The number of aliphatic hydroxyl groups is 1. The van der Waals surface area contributed by atoms with Crippen molar-refractivity contribution in [2.24, 2.45) is 5.92 Å². The molecule has 146 valence electrons. The number of nitrogens with zero attached hydrogens (tertiary/aromatic N) is 2. The van der Waals surface area contributed by atoms with Crippen LogP contribution in [0.3, 0.4) is 0 Å². The van der Waals surface area contributed by atoms with Gasteiger partial charge in [0.1, 0.15) is 11.2 Å². The van der Waals surface area contributed by atoms with Crippen LogP contribution in [-0.2, 0) is 9.47 Å². The van der Waals surface area contributed by atoms with Crippen LogP contribution in [0.25, 0.3) is 0 Å². The molecule has 0 spiro atoms. The van der Waals surface area contributed by atoms with Gasteiger partial charge in [-0.25, -0.2) is 9.59 Å². The van der Waals surface area contributed by atoms with E-state index in [4.69, 9.17) is 9.47 Å². The SMILES string of the molecule is CC(C)[C@H]1CN(C(=O)OC(C)(C)C)[C@H](CO)CN1C(=O)OC(C)(C)C. The Labute approximate surface area is 151 Å². The van der Waals surface area contributed by atoms with Crippen molar-refractivity contribution < 1.29 is 24.2 Å². The van der Waals surface area contributed by atoms with Gasteiger partial charge in [0.25, 0.3) is 0 Å². The van der Waals surface area contributed by atoms with Gasteiger partial charge >= 0.3 is 12.2 Å². The lowest BCUT2D eigenvalue weighted by Crippen LogP contribution is -2.64. The Hall–Kier alpha value is -1.50. The molecule has 1 heterocycles. The van der Waals surface area contributed by atoms with Crippen LogP contribution >= 0.6 is 0 Å². The molecule has 1 saturated heterocycles. The van der Waals surface area contributed by atoms with Crippen LogP contribution in [0.2, 0.25) is 0 Å². The molecule has 0 aromatic heterocycles. The number of piperazine rings is 1. The lowest BCUT2D eigenvalue weighted by molar-refractivity contribution is -0.0455. The second kappa shape index (κ2) is 7.81. The first-order valence-electron chi connectivity index (χ1n) is 8.85. The van der Waals surface area contributed by atoms with Crippen LogP contribution in [-0.4, -0.2) is 70.1 Å². The van der Waals surface area contributed by atoms with E-state index in [1.807, 2.05) is 34.6 Å². The minimum atomic E-state index is -0.618. The molecule has 1 N–H and O–H groups in total. The number of carbonyl (C=O) groups excluding carboxylic acids is 2. The topological polar surface area (TPSA) is 79.3 Å². The predicted octanol–water partition coefficient (Wildman–Crippen LogP) is 2.86. The van der Waals surface area contributed by atoms with E-state index in [1.165, 1.54) is 4.90 Å². The van der Waals surface area contributed by atoms with Gasteiger partial charge in [-0.2, -0.15) is 0 Å². The predicted molar refractivity (Wildman–Crippen MR) is 95.4 cm³/mol. The number of carbonyl (C=O) groups is 2. The molecule has 1 aliphatic rings. The molecular weight excluding hydrogens is 324 g/mol. The van der Waals surface area contributed by atoms with Gasteiger partial charge in [-0.1, -0.05) is 13.8 Å². The normalized spacial score (nSPS) is 22.2. The van der Waals surface area contributed by atoms with Crippen molar-refractivity contribution in [3.8, 4) is 0 Å². The third-order valence-electron chi connectivity index (χ3n) is 3.87. The Morgan fingerprint density at radius 2 is 1.40 bits per heavy atom. The summed E-state index contributed by atoms with van der Waals surface area (Å²) in [6.07, 6.45) is -0.894. The summed E-state index contributed by atoms with van der Waals surface area (Å²) in [5.41, 5.74) is -1.22. The van der Waals surface area contributed by atoms with E-state index in [1.54, 1.807) is 25.7 Å². The van der Waals surface area contributed by atoms with Crippen molar-refractivity contribution in [2.45, 2.75) is 78.7 Å². The monoisotopic (exact) mass is 358 g/mol. The molecule has 7 heteroatoms. The Morgan fingerprint density at radius 3 is 1.76 bits per heavy atom. The second-order valence-corrected chi connectivity index (χ2v) is 8.91. The maximum Gasteiger partial charge on any atom is 0.410 e. The summed E-state index contributed by atoms with van der Waals surface area (Å²) in [6.45, 7) is 15.1. The highest BCUT2D eigenvalue weighted by Crippen LogP contribution is 2.25. The van der Waals surface area contributed by atoms with Crippen LogP contribution in [0.4, 0.5) is 9.59 Å². The van der Waals surface area contributed by atoms with Gasteiger partial charge in [-0.05, 0) is 47.5 Å². The van der Waals surface area contributed by atoms with Crippen LogP contribution in [0.5, 0.6) is 0 Å². The molecule has 1 aliphatic heterocycles. The molecule has 2 amide bonds. The van der Waals surface area contributed by atoms with Gasteiger partial charge in [0, 0.05) is 13.1 Å². The third kappa shape index (κ3) is 6.38. The maximum atomic E-state index is 12.6. The zero-order chi connectivity index (χ0) is 19.6. The zero-order valence-corrected chi connectivity index (χ0v) is 16.8. The highest BCUT2D eigenvalue weighted by Gasteiger charge is 2.42. The van der Waals surface area contributed by atoms with Crippen molar-refractivity contribution >= 4 is 12.2 Å². The summed E-state index contributed by atoms with van der Waals surface area (Å²) in [6, 6.07) is -0.720. The number of hydrogen-bond donors (Lipinski definition) is 1. The van der Waals surface area contributed by atoms with Crippen molar-refractivity contribution in [1.82, 2.24) is 9.80 Å². The number of hydrogen-bond acceptors (Lipinski definition) is 5. The molecular formula is C18H34N2O5. The van der Waals surface area contributed by atoms with E-state index < -0.39 is 29.4 Å². The molecule has 0 saturated carbocycles. The van der Waals surface area contributed by atoms with Gasteiger partial charge in [-0.15, -0.1) is 0 Å². The third-order valence-corrected chi connectivity index (χ3v) is 3.87. The first-order valence-corrected chi connectivity index (χ1v) is 8.85. The molecule has 25 heavy (non-hydrogen) atoms. The van der Waals surface area contributed by atoms with Crippen molar-refractivity contribution in [2.75, 3.05) is 19.7 Å². The van der Waals surface area contributed by atoms with Crippen LogP contribution in [0.15, 0.2) is 0 Å². The van der Waals surface area contributed by atoms with Gasteiger partial charge < -0.3 is 19.5 Å². The molecule has 0 radical (unpaired) electrons. The minimum absolute atomic E-state index is 0.122. The van der Waals surface area contributed by atoms with E-state index in [-0.39, 0.29) is 25.1 Å². The van der Waals surface area contributed by atoms with Gasteiger partial charge in [0.15, 0.2) is 0 Å². The number of rotatable bonds is 2. The summed E-state index contributed by atoms with van der Waals surface area (Å²) >= 11 is 0. The van der Waals surface area contributed by atoms with Gasteiger partial charge in [0.2, 0.25) is 0 Å². The summed E-state index contributed by atoms with van der Waals surface area (Å²) in [5.74, 6) is 0.122. The Morgan fingerprint density at radius 1 is 0.960 bits per heavy atom. The lowest BCUT2D eigenvalue weighted by atomic mass is 9.97. The average Bonchev–Trinajstić information content (AvgIpc) is 2.41. The smallest absolute Gasteiger partial charge is 0.410 e. The number of amides is 2. The molecule has 0 unspecified atom stereocenters. The van der Waals surface area contributed by atoms with Crippen molar-refractivity contribution in [1.29, 1.82) is 0 Å². The molecule has 0 aromatic carbocycles. The standard InChI is InChI=1S/C18H34N2O5/c1-12(2)14-10-19(15(22)24-17(3,4)5)13(11-21)9-20(14)16(23)25-18(6,7)8/h12-14,21H,9-11H2,1-8H3/t13-,14+/m0/s1. The molecule has 1 rings (SSSR count). The summed E-state index contributed by atoms with van der Waals surface area (Å²) in [7, 11) is 0. The van der Waals surface area contributed by atoms with E-state index in [0.29, 0.717) is 6.54 Å². The fourth-order valence-corrected chi connectivity index (χ4v) is 2.71. The fraction of sp³-hybridized carbons (Fsp3) is 0.889. The van der Waals surface area contributed by atoms with E-state index >= 15 is 0 Å². The summed E-state index contributed by atoms with van der Waals surface area (Å²) < 4.78 is 11.0. The van der Waals surface area contributed by atoms with Crippen LogP contribution in [0.1, 0.15) is 55.4 Å². The average molecular weight is 358 g/mol. The Bertz CT molecular complexity index is 479. The maximum absolute atomic E-state index is 12.6. The highest BCUT2D eigenvalue weighted by molar-refractivity contribution is 5.71. The highest BCUT2D eigenvalue weighted by atomic mass is 16.6. The first-order chi connectivity index (χ1) is 11.2. The number of ether oxygens (including phenoxy) is 2. The van der Waals surface area contributed by atoms with Crippen molar-refractivity contribution in [3.63, 3.8) is 0 Å². The largest absolute Gasteiger partial charge is 0.444 e. The Balaban J connectivity index is 3.00. The Kier molecular flexibility index (Phi) is 6.73. The molecule has 0 aromatic rings. The van der Waals surface area contributed by atoms with Crippen molar-refractivity contribution in [3.05, 3.63) is 0 Å². The van der Waals surface area contributed by atoms with E-state index in [9.17, 15) is 14.7 Å². The van der Waals surface area contributed by atoms with E-state index in [2.05, 4.69) is 0 Å². The van der Waals surface area contributed by atoms with Gasteiger partial charge in [0.05, 0.1) is 18.7 Å². The molecule has 2 atom stereocenters. The fourth-order valence-electron chi connectivity index (χ4n) is 2.71. The molecule has 7 nitrogen and oxygen atoms in total. The van der Waals surface area contributed by atoms with E-state index in [0.717, 1.165) is 0 Å². The number of aliphatic hydroxyl groups excluding tert-OH is 1. The second-order valence-electron chi connectivity index (χ2n) is 8.91. The lowest BCUT2D eigenvalue weighted by Gasteiger charge is -2.47. The molecule has 1 fully saturated rings. The van der Waals surface area contributed by atoms with Crippen LogP contribution < -0.4 is 0 Å². The molecule has 0 aliphatic carbocycles. The first kappa shape index (κ1) is 21.5.